The molecule has 0 radical (unpaired) electrons. The van der Waals surface area contributed by atoms with Crippen LogP contribution in [0.1, 0.15) is 19.4 Å². The van der Waals surface area contributed by atoms with Gasteiger partial charge in [-0.15, -0.1) is 0 Å². The number of nitro benzene ring substituents is 1. The van der Waals surface area contributed by atoms with Crippen molar-refractivity contribution in [2.75, 3.05) is 0 Å². The second-order valence-electron chi connectivity index (χ2n) is 9.19. The zero-order valence-corrected chi connectivity index (χ0v) is 22.5. The fourth-order valence-corrected chi connectivity index (χ4v) is 6.98. The molecule has 1 fully saturated rings. The minimum absolute atomic E-state index is 0.0316. The Bertz CT molecular complexity index is 1520. The summed E-state index contributed by atoms with van der Waals surface area (Å²) < 4.78 is 32.3. The Labute approximate surface area is 230 Å². The van der Waals surface area contributed by atoms with Crippen LogP contribution >= 0.6 is 7.60 Å². The fourth-order valence-electron chi connectivity index (χ4n) is 4.85. The second-order valence-corrected chi connectivity index (χ2v) is 11.0. The zero-order chi connectivity index (χ0) is 28.4. The molecule has 3 aromatic rings. The Morgan fingerprint density at radius 3 is 2.02 bits per heavy atom. The first-order valence-corrected chi connectivity index (χ1v) is 14.0. The quantitative estimate of drug-likeness (QED) is 0.0778. The number of carbonyl (C=O) groups is 2. The summed E-state index contributed by atoms with van der Waals surface area (Å²) in [6.45, 7) is 3.26. The standard InChI is InChI=1S/C29H25N2O8P/c1-3-24-25-19(2)27(40(36,38-22-10-6-4-7-11-22)39-23-12-8-5-9-13-23)26(30(25)28(24)32)29(33)37-18-20-14-16-21(17-15-20)31(34)35/h3-17,19,25H,18H2,1-2H3/b24-3+/t19-,25-/m1/s1. The topological polar surface area (TPSA) is 125 Å². The van der Waals surface area contributed by atoms with E-state index in [1.54, 1.807) is 80.6 Å². The van der Waals surface area contributed by atoms with Crippen LogP contribution in [0.4, 0.5) is 5.69 Å². The number of fused-ring (bicyclic) bond motifs is 1. The number of allylic oxidation sites excluding steroid dienone is 1. The zero-order valence-electron chi connectivity index (χ0n) is 21.6. The molecule has 0 bridgehead atoms. The molecule has 3 aromatic carbocycles. The summed E-state index contributed by atoms with van der Waals surface area (Å²) in [5, 5.41) is 11.0. The van der Waals surface area contributed by atoms with E-state index >= 15 is 0 Å². The van der Waals surface area contributed by atoms with Crippen molar-refractivity contribution in [3.05, 3.63) is 123 Å². The van der Waals surface area contributed by atoms with E-state index in [0.717, 1.165) is 0 Å². The third-order valence-corrected chi connectivity index (χ3v) is 8.82. The minimum Gasteiger partial charge on any atom is -0.456 e. The molecular formula is C29H25N2O8P. The molecule has 10 nitrogen and oxygen atoms in total. The van der Waals surface area contributed by atoms with Crippen molar-refractivity contribution >= 4 is 25.2 Å². The molecule has 2 heterocycles. The molecule has 2 aliphatic rings. The van der Waals surface area contributed by atoms with E-state index in [4.69, 9.17) is 13.8 Å². The maximum absolute atomic E-state index is 14.7. The molecule has 0 saturated carbocycles. The predicted octanol–water partition coefficient (Wildman–Crippen LogP) is 6.01. The van der Waals surface area contributed by atoms with Gasteiger partial charge in [0.15, 0.2) is 0 Å². The highest BCUT2D eigenvalue weighted by Crippen LogP contribution is 2.64. The van der Waals surface area contributed by atoms with Gasteiger partial charge in [0.2, 0.25) is 0 Å². The number of amides is 1. The number of nitrogens with zero attached hydrogens (tertiary/aromatic N) is 2. The highest BCUT2D eigenvalue weighted by Gasteiger charge is 2.61. The smallest absolute Gasteiger partial charge is 0.456 e. The molecule has 5 rings (SSSR count). The number of rotatable bonds is 9. The van der Waals surface area contributed by atoms with Crippen LogP contribution in [-0.2, 0) is 25.5 Å². The van der Waals surface area contributed by atoms with Crippen molar-refractivity contribution in [1.82, 2.24) is 4.90 Å². The Hall–Kier alpha value is -4.69. The highest BCUT2D eigenvalue weighted by atomic mass is 31.2. The lowest BCUT2D eigenvalue weighted by Gasteiger charge is -2.40. The van der Waals surface area contributed by atoms with Gasteiger partial charge in [0, 0.05) is 23.6 Å². The lowest BCUT2D eigenvalue weighted by molar-refractivity contribution is -0.384. The van der Waals surface area contributed by atoms with Crippen LogP contribution in [0.3, 0.4) is 0 Å². The second kappa shape index (κ2) is 10.8. The van der Waals surface area contributed by atoms with Crippen molar-refractivity contribution in [2.24, 2.45) is 5.92 Å². The summed E-state index contributed by atoms with van der Waals surface area (Å²) in [5.41, 5.74) is 0.686. The summed E-state index contributed by atoms with van der Waals surface area (Å²) in [7, 11) is -4.31. The number of carbonyl (C=O) groups excluding carboxylic acids is 2. The highest BCUT2D eigenvalue weighted by molar-refractivity contribution is 7.59. The van der Waals surface area contributed by atoms with Crippen LogP contribution in [0.25, 0.3) is 0 Å². The molecule has 11 heteroatoms. The normalized spacial score (nSPS) is 19.2. The van der Waals surface area contributed by atoms with Gasteiger partial charge in [-0.25, -0.2) is 9.36 Å². The first kappa shape index (κ1) is 26.9. The lowest BCUT2D eigenvalue weighted by Crippen LogP contribution is -2.54. The van der Waals surface area contributed by atoms with Crippen LogP contribution in [0.15, 0.2) is 108 Å². The fraction of sp³-hybridized carbons (Fsp3) is 0.172. The predicted molar refractivity (Wildman–Crippen MR) is 145 cm³/mol. The van der Waals surface area contributed by atoms with E-state index in [2.05, 4.69) is 0 Å². The van der Waals surface area contributed by atoms with Crippen LogP contribution < -0.4 is 9.05 Å². The molecule has 40 heavy (non-hydrogen) atoms. The van der Waals surface area contributed by atoms with E-state index in [1.807, 2.05) is 0 Å². The summed E-state index contributed by atoms with van der Waals surface area (Å²) in [6.07, 6.45) is 1.67. The number of esters is 1. The van der Waals surface area contributed by atoms with Gasteiger partial charge in [0.1, 0.15) is 29.1 Å². The summed E-state index contributed by atoms with van der Waals surface area (Å²) in [5.74, 6) is -1.37. The van der Waals surface area contributed by atoms with Gasteiger partial charge in [-0.3, -0.25) is 19.8 Å². The molecule has 0 unspecified atom stereocenters. The lowest BCUT2D eigenvalue weighted by atomic mass is 9.88. The summed E-state index contributed by atoms with van der Waals surface area (Å²) in [4.78, 5) is 38.4. The first-order chi connectivity index (χ1) is 19.2. The largest absolute Gasteiger partial charge is 0.461 e. The van der Waals surface area contributed by atoms with Gasteiger partial charge in [-0.1, -0.05) is 49.4 Å². The van der Waals surface area contributed by atoms with Crippen molar-refractivity contribution in [2.45, 2.75) is 26.5 Å². The average molecular weight is 560 g/mol. The third-order valence-electron chi connectivity index (χ3n) is 6.71. The Kier molecular flexibility index (Phi) is 7.28. The van der Waals surface area contributed by atoms with Crippen LogP contribution in [0.5, 0.6) is 11.5 Å². The monoisotopic (exact) mass is 560 g/mol. The number of hydrogen-bond acceptors (Lipinski definition) is 8. The molecule has 0 spiro atoms. The van der Waals surface area contributed by atoms with Gasteiger partial charge in [0.05, 0.1) is 11.0 Å². The van der Waals surface area contributed by atoms with Crippen LogP contribution in [-0.4, -0.2) is 27.7 Å². The Balaban J connectivity index is 1.56. The van der Waals surface area contributed by atoms with E-state index in [1.165, 1.54) is 29.2 Å². The van der Waals surface area contributed by atoms with Gasteiger partial charge in [-0.2, -0.15) is 0 Å². The van der Waals surface area contributed by atoms with E-state index in [-0.39, 0.29) is 34.8 Å². The molecule has 0 aliphatic carbocycles. The number of β-lactam (4-membered cyclic amide) rings is 1. The van der Waals surface area contributed by atoms with E-state index in [9.17, 15) is 24.3 Å². The minimum atomic E-state index is -4.31. The summed E-state index contributed by atoms with van der Waals surface area (Å²) in [6, 6.07) is 21.9. The molecule has 2 atom stereocenters. The van der Waals surface area contributed by atoms with Gasteiger partial charge in [0.25, 0.3) is 11.6 Å². The number of ether oxygens (including phenoxy) is 1. The number of non-ortho nitro benzene ring substituents is 1. The molecule has 1 amide bonds. The van der Waals surface area contributed by atoms with Crippen molar-refractivity contribution in [3.63, 3.8) is 0 Å². The molecule has 204 valence electrons. The summed E-state index contributed by atoms with van der Waals surface area (Å²) >= 11 is 0. The molecular weight excluding hydrogens is 535 g/mol. The van der Waals surface area contributed by atoms with Crippen molar-refractivity contribution in [3.8, 4) is 11.5 Å². The maximum atomic E-state index is 14.7. The number of para-hydroxylation sites is 2. The number of benzene rings is 3. The number of hydrogen-bond donors (Lipinski definition) is 0. The molecule has 1 saturated heterocycles. The van der Waals surface area contributed by atoms with Crippen LogP contribution in [0.2, 0.25) is 0 Å². The third kappa shape index (κ3) is 4.89. The average Bonchev–Trinajstić information content (AvgIpc) is 3.22. The van der Waals surface area contributed by atoms with Crippen LogP contribution in [0, 0.1) is 16.0 Å². The molecule has 2 aliphatic heterocycles. The van der Waals surface area contributed by atoms with E-state index in [0.29, 0.717) is 11.1 Å². The van der Waals surface area contributed by atoms with Gasteiger partial charge in [-0.05, 0) is 48.9 Å². The van der Waals surface area contributed by atoms with E-state index < -0.39 is 36.4 Å². The van der Waals surface area contributed by atoms with Crippen molar-refractivity contribution < 1.29 is 32.9 Å². The Morgan fingerprint density at radius 2 is 1.52 bits per heavy atom. The van der Waals surface area contributed by atoms with Gasteiger partial charge >= 0.3 is 13.6 Å². The van der Waals surface area contributed by atoms with Gasteiger partial charge < -0.3 is 13.8 Å². The number of nitro groups is 1. The molecule has 0 aromatic heterocycles. The SMILES string of the molecule is C/C=C1/C(=O)N2C(C(=O)OCc3ccc([N+](=O)[O-])cc3)=C(P(=O)(Oc3ccccc3)Oc3ccccc3)[C@H](C)[C@H]12. The first-order valence-electron chi connectivity index (χ1n) is 12.5. The molecule has 0 N–H and O–H groups in total. The van der Waals surface area contributed by atoms with Crippen molar-refractivity contribution in [1.29, 1.82) is 0 Å². The maximum Gasteiger partial charge on any atom is 0.461 e. The Morgan fingerprint density at radius 1 is 0.975 bits per heavy atom.